The minimum Gasteiger partial charge on any atom is -0.480 e. The fourth-order valence-corrected chi connectivity index (χ4v) is 7.12. The van der Waals surface area contributed by atoms with Crippen molar-refractivity contribution in [2.45, 2.75) is 231 Å². The van der Waals surface area contributed by atoms with Crippen LogP contribution in [0, 0.1) is 0 Å². The Balaban J connectivity index is 3.76. The zero-order chi connectivity index (χ0) is 32.4. The molecule has 0 aromatic carbocycles. The van der Waals surface area contributed by atoms with Crippen molar-refractivity contribution < 1.29 is 15.0 Å². The lowest BCUT2D eigenvalue weighted by molar-refractivity contribution is -0.151. The van der Waals surface area contributed by atoms with Gasteiger partial charge in [-0.1, -0.05) is 222 Å². The van der Waals surface area contributed by atoms with E-state index in [1.807, 2.05) is 4.67 Å². The van der Waals surface area contributed by atoms with Crippen LogP contribution in [0.1, 0.15) is 226 Å². The second kappa shape index (κ2) is 34.2. The molecule has 0 aromatic heterocycles. The monoisotopic (exact) mass is 642 g/mol. The van der Waals surface area contributed by atoms with E-state index in [2.05, 4.69) is 23.2 Å². The highest BCUT2D eigenvalue weighted by molar-refractivity contribution is 7.13. The second-order valence-electron chi connectivity index (χ2n) is 14.0. The van der Waals surface area contributed by atoms with Crippen molar-refractivity contribution in [3.05, 3.63) is 0 Å². The minimum absolute atomic E-state index is 0.316. The highest BCUT2D eigenvalue weighted by atomic mass is 31.0. The fraction of sp³-hybridized carbons (Fsp3) is 0.974. The first kappa shape index (κ1) is 43.8. The lowest BCUT2D eigenvalue weighted by Gasteiger charge is -2.36. The third-order valence-corrected chi connectivity index (χ3v) is 10.7. The summed E-state index contributed by atoms with van der Waals surface area (Å²) in [7, 11) is 2.63. The maximum atomic E-state index is 12.2. The first-order valence-electron chi connectivity index (χ1n) is 19.9. The average Bonchev–Trinajstić information content (AvgIpc) is 3.02. The SMILES string of the molecule is CCCCCCCCCCCCCCCCCCN(P)[C@](CO)(CCCCCCCCCCCCCCCCCC)C(=O)O. The Kier molecular flexibility index (Phi) is 34.0. The Bertz CT molecular complexity index is 590. The largest absolute Gasteiger partial charge is 0.480 e. The molecule has 0 aromatic rings. The highest BCUT2D eigenvalue weighted by Crippen LogP contribution is 2.28. The summed E-state index contributed by atoms with van der Waals surface area (Å²) >= 11 is 0. The van der Waals surface area contributed by atoms with Crippen LogP contribution in [0.4, 0.5) is 0 Å². The number of unbranched alkanes of at least 4 members (excludes halogenated alkanes) is 30. The molecule has 2 N–H and O–H groups in total. The number of carboxylic acids is 1. The van der Waals surface area contributed by atoms with Gasteiger partial charge in [0.15, 0.2) is 0 Å². The van der Waals surface area contributed by atoms with Crippen LogP contribution < -0.4 is 0 Å². The van der Waals surface area contributed by atoms with Crippen LogP contribution in [0.2, 0.25) is 0 Å². The molecule has 0 saturated carbocycles. The standard InChI is InChI=1S/C39H80NO3P/c1-3-5-7-9-11-13-15-17-19-21-23-25-27-29-31-33-35-39(37-41,38(42)43)40(44)36-34-32-30-28-26-24-22-20-18-16-14-12-10-8-6-4-2/h41H,3-37,44H2,1-2H3,(H,42,43)/t39-/m0/s1. The normalized spacial score (nSPS) is 13.1. The second-order valence-corrected chi connectivity index (χ2v) is 14.7. The molecule has 0 spiro atoms. The Hall–Kier alpha value is -0.180. The number of hydrogen-bond acceptors (Lipinski definition) is 3. The summed E-state index contributed by atoms with van der Waals surface area (Å²) in [5, 5.41) is 20.2. The van der Waals surface area contributed by atoms with Gasteiger partial charge in [0.05, 0.1) is 6.61 Å². The number of rotatable bonds is 37. The lowest BCUT2D eigenvalue weighted by atomic mass is 9.92. The predicted octanol–water partition coefficient (Wildman–Crippen LogP) is 12.8. The molecule has 4 nitrogen and oxygen atoms in total. The van der Waals surface area contributed by atoms with Crippen LogP contribution in [0.25, 0.3) is 0 Å². The van der Waals surface area contributed by atoms with Crippen LogP contribution in [0.5, 0.6) is 0 Å². The van der Waals surface area contributed by atoms with Gasteiger partial charge in [0.2, 0.25) is 0 Å². The summed E-state index contributed by atoms with van der Waals surface area (Å²) in [6.45, 7) is 4.96. The van der Waals surface area contributed by atoms with Gasteiger partial charge in [-0.05, 0) is 12.8 Å². The molecule has 0 aliphatic heterocycles. The van der Waals surface area contributed by atoms with Crippen molar-refractivity contribution in [1.29, 1.82) is 0 Å². The third-order valence-electron chi connectivity index (χ3n) is 9.91. The molecule has 0 heterocycles. The molecule has 264 valence electrons. The van der Waals surface area contributed by atoms with Crippen LogP contribution in [0.15, 0.2) is 0 Å². The number of aliphatic carboxylic acids is 1. The van der Waals surface area contributed by atoms with Crippen LogP contribution in [-0.4, -0.2) is 39.5 Å². The summed E-state index contributed by atoms with van der Waals surface area (Å²) in [4.78, 5) is 12.2. The van der Waals surface area contributed by atoms with Gasteiger partial charge in [0.1, 0.15) is 5.54 Å². The Labute approximate surface area is 279 Å². The van der Waals surface area contributed by atoms with E-state index < -0.39 is 11.5 Å². The van der Waals surface area contributed by atoms with E-state index in [0.29, 0.717) is 6.42 Å². The topological polar surface area (TPSA) is 60.8 Å². The molecule has 44 heavy (non-hydrogen) atoms. The molecule has 0 saturated heterocycles. The molecule has 0 amide bonds. The first-order valence-corrected chi connectivity index (χ1v) is 20.4. The lowest BCUT2D eigenvalue weighted by Crippen LogP contribution is -2.53. The number of aliphatic hydroxyl groups is 1. The summed E-state index contributed by atoms with van der Waals surface area (Å²) < 4.78 is 1.85. The molecule has 1 unspecified atom stereocenters. The van der Waals surface area contributed by atoms with Gasteiger partial charge in [-0.25, -0.2) is 0 Å². The summed E-state index contributed by atoms with van der Waals surface area (Å²) in [5.74, 6) is -0.882. The summed E-state index contributed by atoms with van der Waals surface area (Å²) in [5.41, 5.74) is -1.16. The van der Waals surface area contributed by atoms with Crippen LogP contribution in [0.3, 0.4) is 0 Å². The molecule has 5 heteroatoms. The molecule has 0 rings (SSSR count). The van der Waals surface area contributed by atoms with E-state index in [4.69, 9.17) is 0 Å². The smallest absolute Gasteiger partial charge is 0.326 e. The minimum atomic E-state index is -1.16. The van der Waals surface area contributed by atoms with E-state index in [0.717, 1.165) is 32.2 Å². The Morgan fingerprint density at radius 1 is 0.477 bits per heavy atom. The quantitative estimate of drug-likeness (QED) is 0.0523. The van der Waals surface area contributed by atoms with E-state index in [1.54, 1.807) is 0 Å². The molecule has 0 aliphatic carbocycles. The molecule has 0 bridgehead atoms. The van der Waals surface area contributed by atoms with Crippen molar-refractivity contribution in [1.82, 2.24) is 4.67 Å². The molecule has 2 atom stereocenters. The van der Waals surface area contributed by atoms with Gasteiger partial charge < -0.3 is 10.2 Å². The first-order chi connectivity index (χ1) is 21.5. The average molecular weight is 642 g/mol. The van der Waals surface area contributed by atoms with E-state index >= 15 is 0 Å². The van der Waals surface area contributed by atoms with E-state index in [9.17, 15) is 15.0 Å². The zero-order valence-electron chi connectivity index (χ0n) is 30.1. The van der Waals surface area contributed by atoms with Gasteiger partial charge in [-0.15, -0.1) is 0 Å². The molecule has 0 aliphatic rings. The van der Waals surface area contributed by atoms with Crippen molar-refractivity contribution >= 4 is 15.4 Å². The number of aliphatic hydroxyl groups excluding tert-OH is 1. The third kappa shape index (κ3) is 25.9. The number of carboxylic acid groups (broad SMARTS) is 1. The number of hydrogen-bond donors (Lipinski definition) is 2. The van der Waals surface area contributed by atoms with Gasteiger partial charge in [0, 0.05) is 6.54 Å². The van der Waals surface area contributed by atoms with Crippen molar-refractivity contribution in [3.8, 4) is 0 Å². The van der Waals surface area contributed by atoms with Gasteiger partial charge in [-0.3, -0.25) is 9.46 Å². The summed E-state index contributed by atoms with van der Waals surface area (Å²) in [6.07, 6.45) is 42.9. The van der Waals surface area contributed by atoms with Gasteiger partial charge >= 0.3 is 5.97 Å². The maximum Gasteiger partial charge on any atom is 0.326 e. The summed E-state index contributed by atoms with van der Waals surface area (Å²) in [6, 6.07) is 0. The maximum absolute atomic E-state index is 12.2. The molecular formula is C39H80NO3P. The molecule has 0 fully saturated rings. The van der Waals surface area contributed by atoms with Crippen molar-refractivity contribution in [3.63, 3.8) is 0 Å². The van der Waals surface area contributed by atoms with E-state index in [-0.39, 0.29) is 6.61 Å². The molecular weight excluding hydrogens is 561 g/mol. The van der Waals surface area contributed by atoms with Crippen molar-refractivity contribution in [2.75, 3.05) is 13.2 Å². The predicted molar refractivity (Wildman–Crippen MR) is 198 cm³/mol. The number of carbonyl (C=O) groups is 1. The Morgan fingerprint density at radius 2 is 0.727 bits per heavy atom. The highest BCUT2D eigenvalue weighted by Gasteiger charge is 2.41. The molecule has 0 radical (unpaired) electrons. The van der Waals surface area contributed by atoms with Gasteiger partial charge in [-0.2, -0.15) is 0 Å². The Morgan fingerprint density at radius 3 is 0.977 bits per heavy atom. The fourth-order valence-electron chi connectivity index (χ4n) is 6.62. The number of nitrogens with zero attached hydrogens (tertiary/aromatic N) is 1. The van der Waals surface area contributed by atoms with Crippen LogP contribution >= 0.6 is 9.39 Å². The zero-order valence-corrected chi connectivity index (χ0v) is 31.2. The van der Waals surface area contributed by atoms with Gasteiger partial charge in [0.25, 0.3) is 0 Å². The van der Waals surface area contributed by atoms with Crippen molar-refractivity contribution in [2.24, 2.45) is 0 Å². The van der Waals surface area contributed by atoms with E-state index in [1.165, 1.54) is 180 Å². The van der Waals surface area contributed by atoms with Crippen LogP contribution in [-0.2, 0) is 4.79 Å².